The highest BCUT2D eigenvalue weighted by Gasteiger charge is 2.34. The first kappa shape index (κ1) is 15.4. The van der Waals surface area contributed by atoms with Crippen LogP contribution in [0.3, 0.4) is 0 Å². The van der Waals surface area contributed by atoms with E-state index in [0.717, 1.165) is 18.2 Å². The molecule has 0 saturated heterocycles. The Morgan fingerprint density at radius 2 is 1.86 bits per heavy atom. The maximum Gasteiger partial charge on any atom is 0.418 e. The van der Waals surface area contributed by atoms with Crippen molar-refractivity contribution in [3.63, 3.8) is 0 Å². The Labute approximate surface area is 123 Å². The molecule has 2 aromatic carbocycles. The standard InChI is InChI=1S/C14H10ClF4NO/c15-10-3-1-2-9(14(17,18)19)13(10)20-7-8-4-5-12(21)11(16)6-8/h1-6,20-21H,7H2. The van der Waals surface area contributed by atoms with Crippen molar-refractivity contribution in [3.8, 4) is 5.75 Å². The van der Waals surface area contributed by atoms with Crippen LogP contribution in [0.4, 0.5) is 23.2 Å². The molecule has 21 heavy (non-hydrogen) atoms. The molecule has 0 amide bonds. The fraction of sp³-hybridized carbons (Fsp3) is 0.143. The van der Waals surface area contributed by atoms with E-state index >= 15 is 0 Å². The average Bonchev–Trinajstić information content (AvgIpc) is 2.40. The highest BCUT2D eigenvalue weighted by Crippen LogP contribution is 2.38. The van der Waals surface area contributed by atoms with Crippen LogP contribution in [0.1, 0.15) is 11.1 Å². The summed E-state index contributed by atoms with van der Waals surface area (Å²) in [6.07, 6.45) is -4.55. The molecular weight excluding hydrogens is 310 g/mol. The molecule has 0 aliphatic rings. The van der Waals surface area contributed by atoms with Gasteiger partial charge in [-0.05, 0) is 29.8 Å². The minimum Gasteiger partial charge on any atom is -0.505 e. The fourth-order valence-corrected chi connectivity index (χ4v) is 2.03. The van der Waals surface area contributed by atoms with Crippen LogP contribution < -0.4 is 5.32 Å². The highest BCUT2D eigenvalue weighted by atomic mass is 35.5. The van der Waals surface area contributed by atoms with Gasteiger partial charge in [-0.3, -0.25) is 0 Å². The van der Waals surface area contributed by atoms with Crippen LogP contribution in [0.15, 0.2) is 36.4 Å². The van der Waals surface area contributed by atoms with E-state index in [9.17, 15) is 17.6 Å². The normalized spacial score (nSPS) is 11.5. The first-order chi connectivity index (χ1) is 9.79. The van der Waals surface area contributed by atoms with E-state index in [-0.39, 0.29) is 17.3 Å². The van der Waals surface area contributed by atoms with E-state index in [4.69, 9.17) is 16.7 Å². The third-order valence-electron chi connectivity index (χ3n) is 2.80. The molecule has 7 heteroatoms. The van der Waals surface area contributed by atoms with Crippen LogP contribution in [0.2, 0.25) is 5.02 Å². The van der Waals surface area contributed by atoms with Gasteiger partial charge in [0, 0.05) is 6.54 Å². The predicted octanol–water partition coefficient (Wildman–Crippen LogP) is 4.82. The molecule has 2 nitrogen and oxygen atoms in total. The maximum absolute atomic E-state index is 13.2. The van der Waals surface area contributed by atoms with Crippen molar-refractivity contribution in [2.75, 3.05) is 5.32 Å². The Balaban J connectivity index is 2.25. The van der Waals surface area contributed by atoms with Gasteiger partial charge in [-0.15, -0.1) is 0 Å². The lowest BCUT2D eigenvalue weighted by atomic mass is 10.1. The van der Waals surface area contributed by atoms with Crippen LogP contribution in [0, 0.1) is 5.82 Å². The molecule has 0 atom stereocenters. The number of phenols is 1. The maximum atomic E-state index is 13.2. The minimum absolute atomic E-state index is 0.0655. The third kappa shape index (κ3) is 3.58. The van der Waals surface area contributed by atoms with E-state index in [1.165, 1.54) is 18.2 Å². The smallest absolute Gasteiger partial charge is 0.418 e. The number of alkyl halides is 3. The molecule has 0 bridgehead atoms. The number of para-hydroxylation sites is 1. The molecule has 0 fully saturated rings. The molecule has 0 aliphatic carbocycles. The molecule has 0 spiro atoms. The van der Waals surface area contributed by atoms with Gasteiger partial charge in [-0.25, -0.2) is 4.39 Å². The number of phenolic OH excluding ortho intramolecular Hbond substituents is 1. The number of rotatable bonds is 3. The molecule has 0 unspecified atom stereocenters. The third-order valence-corrected chi connectivity index (χ3v) is 3.12. The Bertz CT molecular complexity index is 658. The summed E-state index contributed by atoms with van der Waals surface area (Å²) in [5.41, 5.74) is -0.784. The van der Waals surface area contributed by atoms with Crippen molar-refractivity contribution in [2.24, 2.45) is 0 Å². The molecule has 2 N–H and O–H groups in total. The lowest BCUT2D eigenvalue weighted by Crippen LogP contribution is -2.11. The summed E-state index contributed by atoms with van der Waals surface area (Å²) in [4.78, 5) is 0. The summed E-state index contributed by atoms with van der Waals surface area (Å²) in [7, 11) is 0. The SMILES string of the molecule is Oc1ccc(CNc2c(Cl)cccc2C(F)(F)F)cc1F. The molecule has 0 aliphatic heterocycles. The van der Waals surface area contributed by atoms with Crippen molar-refractivity contribution >= 4 is 17.3 Å². The van der Waals surface area contributed by atoms with Gasteiger partial charge in [0.2, 0.25) is 0 Å². The van der Waals surface area contributed by atoms with Crippen molar-refractivity contribution in [1.29, 1.82) is 0 Å². The first-order valence-corrected chi connectivity index (χ1v) is 6.24. The second-order valence-corrected chi connectivity index (χ2v) is 4.71. The molecule has 2 aromatic rings. The summed E-state index contributed by atoms with van der Waals surface area (Å²) in [6.45, 7) is -0.0655. The number of benzene rings is 2. The van der Waals surface area contributed by atoms with E-state index in [0.29, 0.717) is 5.56 Å². The van der Waals surface area contributed by atoms with E-state index in [1.807, 2.05) is 0 Å². The quantitative estimate of drug-likeness (QED) is 0.795. The topological polar surface area (TPSA) is 32.3 Å². The summed E-state index contributed by atoms with van der Waals surface area (Å²) in [5.74, 6) is -1.36. The van der Waals surface area contributed by atoms with Gasteiger partial charge >= 0.3 is 6.18 Å². The van der Waals surface area contributed by atoms with Crippen molar-refractivity contribution in [2.45, 2.75) is 12.7 Å². The zero-order chi connectivity index (χ0) is 15.6. The Kier molecular flexibility index (Phi) is 4.27. The summed E-state index contributed by atoms with van der Waals surface area (Å²) in [6, 6.07) is 7.00. The van der Waals surface area contributed by atoms with Crippen molar-refractivity contribution < 1.29 is 22.7 Å². The van der Waals surface area contributed by atoms with Crippen LogP contribution >= 0.6 is 11.6 Å². The van der Waals surface area contributed by atoms with E-state index in [1.54, 1.807) is 0 Å². The lowest BCUT2D eigenvalue weighted by molar-refractivity contribution is -0.136. The Morgan fingerprint density at radius 1 is 1.14 bits per heavy atom. The zero-order valence-electron chi connectivity index (χ0n) is 10.5. The molecule has 0 aromatic heterocycles. The van der Waals surface area contributed by atoms with Gasteiger partial charge in [-0.2, -0.15) is 13.2 Å². The van der Waals surface area contributed by atoms with Gasteiger partial charge in [0.15, 0.2) is 11.6 Å². The van der Waals surface area contributed by atoms with Crippen LogP contribution in [-0.2, 0) is 12.7 Å². The fourth-order valence-electron chi connectivity index (χ4n) is 1.79. The second-order valence-electron chi connectivity index (χ2n) is 4.30. The lowest BCUT2D eigenvalue weighted by Gasteiger charge is -2.16. The van der Waals surface area contributed by atoms with Crippen molar-refractivity contribution in [3.05, 3.63) is 58.4 Å². The summed E-state index contributed by atoms with van der Waals surface area (Å²) in [5, 5.41) is 11.5. The summed E-state index contributed by atoms with van der Waals surface area (Å²) >= 11 is 5.78. The zero-order valence-corrected chi connectivity index (χ0v) is 11.3. The molecule has 2 rings (SSSR count). The number of aromatic hydroxyl groups is 1. The van der Waals surface area contributed by atoms with Gasteiger partial charge in [0.1, 0.15) is 0 Å². The number of nitrogens with one attached hydrogen (secondary N) is 1. The number of hydrogen-bond donors (Lipinski definition) is 2. The Morgan fingerprint density at radius 3 is 2.48 bits per heavy atom. The summed E-state index contributed by atoms with van der Waals surface area (Å²) < 4.78 is 51.8. The molecule has 0 radical (unpaired) electrons. The highest BCUT2D eigenvalue weighted by molar-refractivity contribution is 6.33. The number of halogens is 5. The van der Waals surface area contributed by atoms with E-state index < -0.39 is 23.3 Å². The number of hydrogen-bond acceptors (Lipinski definition) is 2. The van der Waals surface area contributed by atoms with E-state index in [2.05, 4.69) is 5.32 Å². The minimum atomic E-state index is -4.55. The van der Waals surface area contributed by atoms with Crippen LogP contribution in [0.5, 0.6) is 5.75 Å². The van der Waals surface area contributed by atoms with Gasteiger partial charge in [0.25, 0.3) is 0 Å². The number of anilines is 1. The second kappa shape index (κ2) is 5.81. The van der Waals surface area contributed by atoms with Gasteiger partial charge < -0.3 is 10.4 Å². The predicted molar refractivity (Wildman–Crippen MR) is 71.8 cm³/mol. The molecular formula is C14H10ClF4NO. The van der Waals surface area contributed by atoms with Crippen molar-refractivity contribution in [1.82, 2.24) is 0 Å². The first-order valence-electron chi connectivity index (χ1n) is 5.86. The monoisotopic (exact) mass is 319 g/mol. The van der Waals surface area contributed by atoms with Gasteiger partial charge in [-0.1, -0.05) is 23.7 Å². The Hall–Kier alpha value is -1.95. The molecule has 0 heterocycles. The molecule has 0 saturated carbocycles. The van der Waals surface area contributed by atoms with Crippen LogP contribution in [-0.4, -0.2) is 5.11 Å². The largest absolute Gasteiger partial charge is 0.505 e. The average molecular weight is 320 g/mol. The van der Waals surface area contributed by atoms with Crippen LogP contribution in [0.25, 0.3) is 0 Å². The molecule has 112 valence electrons. The van der Waals surface area contributed by atoms with Gasteiger partial charge in [0.05, 0.1) is 16.3 Å².